The largest absolute Gasteiger partial charge is 0.350 e. The Morgan fingerprint density at radius 1 is 1.27 bits per heavy atom. The van der Waals surface area contributed by atoms with E-state index in [4.69, 9.17) is 10.3 Å². The molecule has 22 heavy (non-hydrogen) atoms. The number of amides is 1. The third-order valence-electron chi connectivity index (χ3n) is 4.09. The second-order valence-corrected chi connectivity index (χ2v) is 5.69. The van der Waals surface area contributed by atoms with Crippen LogP contribution in [0.15, 0.2) is 34.9 Å². The minimum absolute atomic E-state index is 0.199. The lowest BCUT2D eigenvalue weighted by Gasteiger charge is -2.26. The topological polar surface area (TPSA) is 81.1 Å². The average molecular weight is 301 g/mol. The number of aromatic nitrogens is 1. The molecule has 0 spiro atoms. The molecular weight excluding hydrogens is 278 g/mol. The van der Waals surface area contributed by atoms with E-state index < -0.39 is 0 Å². The van der Waals surface area contributed by atoms with Crippen molar-refractivity contribution in [3.8, 4) is 11.3 Å². The summed E-state index contributed by atoms with van der Waals surface area (Å²) in [6, 6.07) is 9.54. The van der Waals surface area contributed by atoms with Gasteiger partial charge in [0, 0.05) is 23.7 Å². The molecule has 0 saturated carbocycles. The van der Waals surface area contributed by atoms with Crippen LogP contribution in [0.2, 0.25) is 0 Å². The molecule has 0 unspecified atom stereocenters. The van der Waals surface area contributed by atoms with E-state index in [2.05, 4.69) is 10.5 Å². The minimum atomic E-state index is -0.379. The second-order valence-electron chi connectivity index (χ2n) is 5.69. The molecule has 3 N–H and O–H groups in total. The summed E-state index contributed by atoms with van der Waals surface area (Å²) in [4.78, 5) is 12.1. The number of benzene rings is 1. The van der Waals surface area contributed by atoms with Gasteiger partial charge in [-0.2, -0.15) is 0 Å². The van der Waals surface area contributed by atoms with Crippen LogP contribution in [0.3, 0.4) is 0 Å². The molecule has 1 aromatic carbocycles. The molecule has 0 atom stereocenters. The predicted molar refractivity (Wildman–Crippen MR) is 86.5 cm³/mol. The maximum atomic E-state index is 12.1. The molecular formula is C17H23N3O2. The first-order valence-electron chi connectivity index (χ1n) is 7.58. The van der Waals surface area contributed by atoms with Gasteiger partial charge in [-0.3, -0.25) is 4.79 Å². The van der Waals surface area contributed by atoms with Crippen molar-refractivity contribution in [3.05, 3.63) is 41.7 Å². The molecule has 5 nitrogen and oxygen atoms in total. The number of nitrogens with two attached hydrogens (primary N) is 1. The van der Waals surface area contributed by atoms with Crippen molar-refractivity contribution in [2.24, 2.45) is 5.73 Å². The zero-order chi connectivity index (χ0) is 16.2. The lowest BCUT2D eigenvalue weighted by Crippen LogP contribution is -2.49. The molecule has 0 saturated heterocycles. The highest BCUT2D eigenvalue weighted by Crippen LogP contribution is 2.19. The van der Waals surface area contributed by atoms with Crippen LogP contribution in [0.25, 0.3) is 11.3 Å². The van der Waals surface area contributed by atoms with Gasteiger partial charge in [0.05, 0.1) is 0 Å². The maximum Gasteiger partial charge on any atom is 0.289 e. The van der Waals surface area contributed by atoms with Crippen LogP contribution >= 0.6 is 0 Å². The Morgan fingerprint density at radius 3 is 2.50 bits per heavy atom. The first-order chi connectivity index (χ1) is 10.5. The van der Waals surface area contributed by atoms with Gasteiger partial charge in [0.15, 0.2) is 0 Å². The summed E-state index contributed by atoms with van der Waals surface area (Å²) in [5.41, 5.74) is 8.53. The Balaban J connectivity index is 2.05. The lowest BCUT2D eigenvalue weighted by molar-refractivity contribution is 0.0905. The van der Waals surface area contributed by atoms with Gasteiger partial charge < -0.3 is 15.6 Å². The van der Waals surface area contributed by atoms with Crippen LogP contribution in [-0.2, 0) is 0 Å². The van der Waals surface area contributed by atoms with Crippen molar-refractivity contribution in [1.82, 2.24) is 10.5 Å². The van der Waals surface area contributed by atoms with E-state index in [1.807, 2.05) is 45.0 Å². The molecule has 0 aliphatic rings. The fraction of sp³-hybridized carbons (Fsp3) is 0.412. The summed E-state index contributed by atoms with van der Waals surface area (Å²) >= 11 is 0. The van der Waals surface area contributed by atoms with Gasteiger partial charge in [0.2, 0.25) is 5.76 Å². The summed E-state index contributed by atoms with van der Waals surface area (Å²) in [7, 11) is 0. The lowest BCUT2D eigenvalue weighted by atomic mass is 9.94. The van der Waals surface area contributed by atoms with Crippen LogP contribution in [0.4, 0.5) is 0 Å². The van der Waals surface area contributed by atoms with E-state index in [1.54, 1.807) is 6.07 Å². The summed E-state index contributed by atoms with van der Waals surface area (Å²) in [6.45, 7) is 6.46. The molecule has 1 aromatic heterocycles. The monoisotopic (exact) mass is 301 g/mol. The number of carbonyl (C=O) groups excluding carboxylic acids is 1. The quantitative estimate of drug-likeness (QED) is 0.859. The summed E-state index contributed by atoms with van der Waals surface area (Å²) in [5, 5.41) is 6.77. The van der Waals surface area contributed by atoms with Gasteiger partial charge in [0.25, 0.3) is 5.91 Å². The van der Waals surface area contributed by atoms with Gasteiger partial charge in [-0.1, -0.05) is 48.8 Å². The molecule has 5 heteroatoms. The summed E-state index contributed by atoms with van der Waals surface area (Å²) < 4.78 is 5.14. The highest BCUT2D eigenvalue weighted by molar-refractivity contribution is 5.92. The van der Waals surface area contributed by atoms with Crippen molar-refractivity contribution >= 4 is 5.91 Å². The van der Waals surface area contributed by atoms with Crippen LogP contribution < -0.4 is 11.1 Å². The highest BCUT2D eigenvalue weighted by atomic mass is 16.5. The van der Waals surface area contributed by atoms with E-state index in [0.29, 0.717) is 12.2 Å². The number of rotatable bonds is 6. The van der Waals surface area contributed by atoms with Crippen LogP contribution in [0, 0.1) is 6.92 Å². The molecule has 1 heterocycles. The van der Waals surface area contributed by atoms with Crippen molar-refractivity contribution in [2.45, 2.75) is 39.2 Å². The van der Waals surface area contributed by atoms with E-state index in [0.717, 1.165) is 18.4 Å². The Labute approximate surface area is 130 Å². The van der Waals surface area contributed by atoms with Crippen molar-refractivity contribution in [1.29, 1.82) is 0 Å². The number of nitrogens with zero attached hydrogens (tertiary/aromatic N) is 1. The highest BCUT2D eigenvalue weighted by Gasteiger charge is 2.22. The minimum Gasteiger partial charge on any atom is -0.350 e. The van der Waals surface area contributed by atoms with Crippen molar-refractivity contribution in [2.75, 3.05) is 6.54 Å². The zero-order valence-electron chi connectivity index (χ0n) is 13.3. The number of carbonyl (C=O) groups is 1. The Hall–Kier alpha value is -2.14. The molecule has 118 valence electrons. The number of nitrogens with one attached hydrogen (secondary N) is 1. The van der Waals surface area contributed by atoms with E-state index in [9.17, 15) is 4.79 Å². The van der Waals surface area contributed by atoms with E-state index >= 15 is 0 Å². The molecule has 0 bridgehead atoms. The van der Waals surface area contributed by atoms with Crippen molar-refractivity contribution in [3.63, 3.8) is 0 Å². The Bertz CT molecular complexity index is 628. The predicted octanol–water partition coefficient (Wildman–Crippen LogP) is 2.90. The molecule has 0 radical (unpaired) electrons. The maximum absolute atomic E-state index is 12.1. The normalized spacial score (nSPS) is 11.5. The third-order valence-corrected chi connectivity index (χ3v) is 4.09. The van der Waals surface area contributed by atoms with Crippen molar-refractivity contribution < 1.29 is 9.32 Å². The molecule has 2 rings (SSSR count). The van der Waals surface area contributed by atoms with Crippen LogP contribution in [-0.4, -0.2) is 23.1 Å². The first-order valence-corrected chi connectivity index (χ1v) is 7.58. The smallest absolute Gasteiger partial charge is 0.289 e. The number of aryl methyl sites for hydroxylation is 1. The van der Waals surface area contributed by atoms with Gasteiger partial charge in [-0.05, 0) is 19.8 Å². The summed E-state index contributed by atoms with van der Waals surface area (Å²) in [5.74, 6) is -0.0901. The molecule has 2 aromatic rings. The van der Waals surface area contributed by atoms with E-state index in [-0.39, 0.29) is 17.2 Å². The Morgan fingerprint density at radius 2 is 1.91 bits per heavy atom. The standard InChI is InChI=1S/C17H23N3O2/c1-4-17(18,5-2)11-19-16(21)15-10-14(20-22-15)13-8-6-12(3)7-9-13/h6-10H,4-5,11,18H2,1-3H3,(H,19,21). The Kier molecular flexibility index (Phi) is 4.98. The molecule has 0 aliphatic heterocycles. The zero-order valence-corrected chi connectivity index (χ0v) is 13.3. The van der Waals surface area contributed by atoms with Gasteiger partial charge >= 0.3 is 0 Å². The number of hydrogen-bond donors (Lipinski definition) is 2. The average Bonchev–Trinajstić information content (AvgIpc) is 3.03. The SMILES string of the molecule is CCC(N)(CC)CNC(=O)c1cc(-c2ccc(C)cc2)no1. The first kappa shape index (κ1) is 16.2. The molecule has 1 amide bonds. The van der Waals surface area contributed by atoms with Gasteiger partial charge in [-0.15, -0.1) is 0 Å². The van der Waals surface area contributed by atoms with Gasteiger partial charge in [0.1, 0.15) is 5.69 Å². The van der Waals surface area contributed by atoms with Crippen LogP contribution in [0.1, 0.15) is 42.8 Å². The fourth-order valence-electron chi connectivity index (χ4n) is 2.09. The summed E-state index contributed by atoms with van der Waals surface area (Å²) in [6.07, 6.45) is 1.60. The van der Waals surface area contributed by atoms with Gasteiger partial charge in [-0.25, -0.2) is 0 Å². The van der Waals surface area contributed by atoms with E-state index in [1.165, 1.54) is 5.56 Å². The molecule has 0 aliphatic carbocycles. The number of hydrogen-bond acceptors (Lipinski definition) is 4. The van der Waals surface area contributed by atoms with Crippen LogP contribution in [0.5, 0.6) is 0 Å². The second kappa shape index (κ2) is 6.75. The fourth-order valence-corrected chi connectivity index (χ4v) is 2.09. The molecule has 0 fully saturated rings. The third kappa shape index (κ3) is 3.74.